The number of benzene rings is 1. The van der Waals surface area contributed by atoms with Gasteiger partial charge in [0, 0.05) is 0 Å². The predicted octanol–water partition coefficient (Wildman–Crippen LogP) is 2.17. The van der Waals surface area contributed by atoms with Crippen molar-refractivity contribution in [1.29, 1.82) is 0 Å². The van der Waals surface area contributed by atoms with Crippen molar-refractivity contribution in [3.63, 3.8) is 0 Å². The van der Waals surface area contributed by atoms with Crippen molar-refractivity contribution >= 4 is 12.2 Å². The zero-order valence-corrected chi connectivity index (χ0v) is 11.6. The van der Waals surface area contributed by atoms with E-state index in [-0.39, 0.29) is 5.96 Å². The number of unbranched alkanes of at least 4 members (excludes halogenated alkanes) is 2. The summed E-state index contributed by atoms with van der Waals surface area (Å²) in [7, 11) is 0. The van der Waals surface area contributed by atoms with Gasteiger partial charge in [0.15, 0.2) is 0 Å². The average molecular weight is 262 g/mol. The van der Waals surface area contributed by atoms with Crippen LogP contribution in [0.4, 0.5) is 0 Å². The first-order valence-electron chi connectivity index (χ1n) is 6.49. The van der Waals surface area contributed by atoms with Crippen LogP contribution in [0.25, 0.3) is 0 Å². The van der Waals surface area contributed by atoms with E-state index in [1.165, 1.54) is 12.8 Å². The fraction of sp³-hybridized carbons (Fsp3) is 0.429. The first-order valence-corrected chi connectivity index (χ1v) is 6.49. The third-order valence-electron chi connectivity index (χ3n) is 2.60. The van der Waals surface area contributed by atoms with Gasteiger partial charge < -0.3 is 16.2 Å². The molecule has 0 atom stereocenters. The molecule has 0 aliphatic carbocycles. The summed E-state index contributed by atoms with van der Waals surface area (Å²) in [4.78, 5) is 0. The van der Waals surface area contributed by atoms with Gasteiger partial charge in [-0.3, -0.25) is 0 Å². The second kappa shape index (κ2) is 8.13. The van der Waals surface area contributed by atoms with Crippen LogP contribution in [0.1, 0.15) is 37.3 Å². The Morgan fingerprint density at radius 3 is 2.79 bits per heavy atom. The van der Waals surface area contributed by atoms with Gasteiger partial charge in [-0.05, 0) is 30.5 Å². The number of hydrogen-bond acceptors (Lipinski definition) is 3. The SMILES string of the molecule is CCCCCOc1cc(C=NN=C(N)N)ccc1C. The van der Waals surface area contributed by atoms with Crippen molar-refractivity contribution in [2.45, 2.75) is 33.1 Å². The van der Waals surface area contributed by atoms with Gasteiger partial charge >= 0.3 is 0 Å². The highest BCUT2D eigenvalue weighted by Gasteiger charge is 2.00. The number of aryl methyl sites for hydroxylation is 1. The van der Waals surface area contributed by atoms with Crippen LogP contribution in [0.2, 0.25) is 0 Å². The Kier molecular flexibility index (Phi) is 6.43. The Hall–Kier alpha value is -2.04. The molecule has 1 rings (SSSR count). The first kappa shape index (κ1) is 15.0. The molecule has 0 bridgehead atoms. The van der Waals surface area contributed by atoms with Crippen molar-refractivity contribution < 1.29 is 4.74 Å². The molecule has 104 valence electrons. The maximum Gasteiger partial charge on any atom is 0.211 e. The van der Waals surface area contributed by atoms with Crippen LogP contribution in [0.5, 0.6) is 5.75 Å². The molecule has 4 N–H and O–H groups in total. The molecule has 1 aromatic carbocycles. The molecular formula is C14H22N4O. The minimum absolute atomic E-state index is 0.0561. The number of hydrogen-bond donors (Lipinski definition) is 2. The van der Waals surface area contributed by atoms with Gasteiger partial charge in [0.05, 0.1) is 12.8 Å². The smallest absolute Gasteiger partial charge is 0.211 e. The fourth-order valence-electron chi connectivity index (χ4n) is 1.55. The lowest BCUT2D eigenvalue weighted by Gasteiger charge is -2.09. The molecule has 0 saturated carbocycles. The van der Waals surface area contributed by atoms with Crippen molar-refractivity contribution in [3.05, 3.63) is 29.3 Å². The summed E-state index contributed by atoms with van der Waals surface area (Å²) >= 11 is 0. The summed E-state index contributed by atoms with van der Waals surface area (Å²) in [6.45, 7) is 4.93. The van der Waals surface area contributed by atoms with Gasteiger partial charge in [0.2, 0.25) is 5.96 Å². The Labute approximate surface area is 114 Å². The van der Waals surface area contributed by atoms with Crippen molar-refractivity contribution in [3.8, 4) is 5.75 Å². The van der Waals surface area contributed by atoms with E-state index in [0.29, 0.717) is 0 Å². The molecule has 19 heavy (non-hydrogen) atoms. The van der Waals surface area contributed by atoms with E-state index in [9.17, 15) is 0 Å². The highest BCUT2D eigenvalue weighted by atomic mass is 16.5. The van der Waals surface area contributed by atoms with Crippen LogP contribution in [-0.4, -0.2) is 18.8 Å². The maximum absolute atomic E-state index is 5.76. The summed E-state index contributed by atoms with van der Waals surface area (Å²) in [6.07, 6.45) is 5.04. The number of guanidine groups is 1. The topological polar surface area (TPSA) is 86.0 Å². The van der Waals surface area contributed by atoms with Crippen molar-refractivity contribution in [1.82, 2.24) is 0 Å². The molecule has 0 heterocycles. The average Bonchev–Trinajstić information content (AvgIpc) is 2.37. The Balaban J connectivity index is 2.66. The molecule has 0 aliphatic rings. The zero-order chi connectivity index (χ0) is 14.1. The quantitative estimate of drug-likeness (QED) is 0.342. The highest BCUT2D eigenvalue weighted by molar-refractivity contribution is 5.82. The second-order valence-corrected chi connectivity index (χ2v) is 4.35. The maximum atomic E-state index is 5.76. The Morgan fingerprint density at radius 1 is 1.32 bits per heavy atom. The minimum Gasteiger partial charge on any atom is -0.493 e. The predicted molar refractivity (Wildman–Crippen MR) is 79.6 cm³/mol. The molecule has 0 saturated heterocycles. The van der Waals surface area contributed by atoms with Crippen LogP contribution in [-0.2, 0) is 0 Å². The van der Waals surface area contributed by atoms with Crippen molar-refractivity contribution in [2.24, 2.45) is 21.7 Å². The third kappa shape index (κ3) is 5.90. The largest absolute Gasteiger partial charge is 0.493 e. The first-order chi connectivity index (χ1) is 9.13. The van der Waals surface area contributed by atoms with Gasteiger partial charge in [-0.2, -0.15) is 5.10 Å². The molecule has 0 amide bonds. The standard InChI is InChI=1S/C14H22N4O/c1-3-4-5-8-19-13-9-12(7-6-11(13)2)10-17-18-14(15)16/h6-7,9-10H,3-5,8H2,1-2H3,(H4,15,16,18). The van der Waals surface area contributed by atoms with E-state index in [4.69, 9.17) is 16.2 Å². The fourth-order valence-corrected chi connectivity index (χ4v) is 1.55. The van der Waals surface area contributed by atoms with Gasteiger partial charge in [0.1, 0.15) is 5.75 Å². The summed E-state index contributed by atoms with van der Waals surface area (Å²) < 4.78 is 5.76. The molecule has 0 radical (unpaired) electrons. The molecule has 5 nitrogen and oxygen atoms in total. The zero-order valence-electron chi connectivity index (χ0n) is 11.6. The lowest BCUT2D eigenvalue weighted by Crippen LogP contribution is -2.21. The van der Waals surface area contributed by atoms with Gasteiger partial charge in [-0.15, -0.1) is 5.10 Å². The van der Waals surface area contributed by atoms with E-state index in [1.807, 2.05) is 25.1 Å². The van der Waals surface area contributed by atoms with E-state index >= 15 is 0 Å². The van der Waals surface area contributed by atoms with E-state index in [1.54, 1.807) is 6.21 Å². The van der Waals surface area contributed by atoms with Crippen LogP contribution in [0, 0.1) is 6.92 Å². The van der Waals surface area contributed by atoms with Crippen LogP contribution < -0.4 is 16.2 Å². The Bertz CT molecular complexity index is 451. The molecule has 0 unspecified atom stereocenters. The molecule has 1 aromatic rings. The number of nitrogens with two attached hydrogens (primary N) is 2. The monoisotopic (exact) mass is 262 g/mol. The lowest BCUT2D eigenvalue weighted by molar-refractivity contribution is 0.304. The Morgan fingerprint density at radius 2 is 2.11 bits per heavy atom. The van der Waals surface area contributed by atoms with Crippen LogP contribution in [0.15, 0.2) is 28.4 Å². The van der Waals surface area contributed by atoms with E-state index in [0.717, 1.165) is 29.9 Å². The van der Waals surface area contributed by atoms with Gasteiger partial charge in [-0.25, -0.2) is 0 Å². The van der Waals surface area contributed by atoms with Crippen molar-refractivity contribution in [2.75, 3.05) is 6.61 Å². The summed E-state index contributed by atoms with van der Waals surface area (Å²) in [5, 5.41) is 7.34. The second-order valence-electron chi connectivity index (χ2n) is 4.35. The molecule has 5 heteroatoms. The normalized spacial score (nSPS) is 10.6. The van der Waals surface area contributed by atoms with Gasteiger partial charge in [0.25, 0.3) is 0 Å². The van der Waals surface area contributed by atoms with E-state index in [2.05, 4.69) is 17.1 Å². The highest BCUT2D eigenvalue weighted by Crippen LogP contribution is 2.19. The number of ether oxygens (including phenoxy) is 1. The third-order valence-corrected chi connectivity index (χ3v) is 2.60. The van der Waals surface area contributed by atoms with E-state index < -0.39 is 0 Å². The van der Waals surface area contributed by atoms with Crippen LogP contribution in [0.3, 0.4) is 0 Å². The number of rotatable bonds is 7. The molecular weight excluding hydrogens is 240 g/mol. The molecule has 0 aromatic heterocycles. The molecule has 0 spiro atoms. The summed E-state index contributed by atoms with van der Waals surface area (Å²) in [6, 6.07) is 5.87. The number of nitrogens with zero attached hydrogens (tertiary/aromatic N) is 2. The molecule has 0 aliphatic heterocycles. The summed E-state index contributed by atoms with van der Waals surface area (Å²) in [5.41, 5.74) is 12.4. The van der Waals surface area contributed by atoms with Gasteiger partial charge in [-0.1, -0.05) is 31.9 Å². The van der Waals surface area contributed by atoms with Crippen LogP contribution >= 0.6 is 0 Å². The molecule has 0 fully saturated rings. The summed E-state index contributed by atoms with van der Waals surface area (Å²) in [5.74, 6) is 0.823. The lowest BCUT2D eigenvalue weighted by atomic mass is 10.1. The minimum atomic E-state index is -0.0561.